The summed E-state index contributed by atoms with van der Waals surface area (Å²) in [6.45, 7) is 3.67. The van der Waals surface area contributed by atoms with E-state index < -0.39 is 5.97 Å². The van der Waals surface area contributed by atoms with Gasteiger partial charge >= 0.3 is 5.97 Å². The van der Waals surface area contributed by atoms with Crippen LogP contribution >= 0.6 is 0 Å². The van der Waals surface area contributed by atoms with Gasteiger partial charge in [-0.1, -0.05) is 0 Å². The van der Waals surface area contributed by atoms with E-state index in [0.29, 0.717) is 6.54 Å². The van der Waals surface area contributed by atoms with E-state index in [-0.39, 0.29) is 5.76 Å². The second kappa shape index (κ2) is 5.81. The Balaban J connectivity index is 1.89. The van der Waals surface area contributed by atoms with Crippen molar-refractivity contribution in [1.29, 1.82) is 0 Å². The smallest absolute Gasteiger partial charge is 0.374 e. The van der Waals surface area contributed by atoms with Gasteiger partial charge in [-0.2, -0.15) is 0 Å². The van der Waals surface area contributed by atoms with Gasteiger partial charge in [0, 0.05) is 25.2 Å². The van der Waals surface area contributed by atoms with E-state index in [0.717, 1.165) is 31.9 Å². The average molecular weight is 240 g/mol. The number of carbonyl (C=O) groups excluding carboxylic acids is 1. The van der Waals surface area contributed by atoms with Crippen molar-refractivity contribution in [2.45, 2.75) is 6.54 Å². The highest BCUT2D eigenvalue weighted by Crippen LogP contribution is 2.11. The summed E-state index contributed by atoms with van der Waals surface area (Å²) in [5.41, 5.74) is 4.02. The van der Waals surface area contributed by atoms with E-state index in [1.165, 1.54) is 13.4 Å². The van der Waals surface area contributed by atoms with Crippen LogP contribution in [0.1, 0.15) is 16.1 Å². The molecule has 0 aliphatic carbocycles. The molecule has 0 radical (unpaired) electrons. The van der Waals surface area contributed by atoms with Gasteiger partial charge in [0.05, 0.1) is 26.6 Å². The molecule has 6 heteroatoms. The summed E-state index contributed by atoms with van der Waals surface area (Å²) in [5.74, 6) is -0.193. The number of rotatable bonds is 4. The number of hydrazine groups is 1. The van der Waals surface area contributed by atoms with Crippen molar-refractivity contribution in [3.05, 3.63) is 23.7 Å². The molecule has 1 N–H and O–H groups in total. The van der Waals surface area contributed by atoms with Crippen LogP contribution in [0.2, 0.25) is 0 Å². The van der Waals surface area contributed by atoms with Crippen molar-refractivity contribution in [1.82, 2.24) is 10.4 Å². The van der Waals surface area contributed by atoms with Gasteiger partial charge in [-0.25, -0.2) is 9.80 Å². The number of morpholine rings is 1. The Morgan fingerprint density at radius 1 is 1.53 bits per heavy atom. The van der Waals surface area contributed by atoms with Crippen LogP contribution in [0, 0.1) is 0 Å². The number of nitrogens with one attached hydrogen (secondary N) is 1. The minimum Gasteiger partial charge on any atom is -0.463 e. The molecule has 17 heavy (non-hydrogen) atoms. The molecule has 1 fully saturated rings. The number of furan rings is 1. The van der Waals surface area contributed by atoms with Gasteiger partial charge in [0.1, 0.15) is 0 Å². The second-order valence-corrected chi connectivity index (χ2v) is 3.70. The zero-order valence-electron chi connectivity index (χ0n) is 9.77. The minimum absolute atomic E-state index is 0.258. The maximum absolute atomic E-state index is 11.4. The normalized spacial score (nSPS) is 17.0. The third-order valence-electron chi connectivity index (χ3n) is 2.62. The summed E-state index contributed by atoms with van der Waals surface area (Å²) in [5, 5.41) is 2.07. The van der Waals surface area contributed by atoms with Crippen molar-refractivity contribution in [2.75, 3.05) is 33.4 Å². The van der Waals surface area contributed by atoms with E-state index in [1.54, 1.807) is 6.07 Å². The molecule has 2 rings (SSSR count). The Morgan fingerprint density at radius 3 is 3.00 bits per heavy atom. The van der Waals surface area contributed by atoms with Gasteiger partial charge in [-0.15, -0.1) is 0 Å². The monoisotopic (exact) mass is 240 g/mol. The van der Waals surface area contributed by atoms with Crippen LogP contribution in [0.3, 0.4) is 0 Å². The molecule has 0 spiro atoms. The molecule has 2 heterocycles. The van der Waals surface area contributed by atoms with Crippen LogP contribution in [0.5, 0.6) is 0 Å². The lowest BCUT2D eigenvalue weighted by Gasteiger charge is -2.27. The van der Waals surface area contributed by atoms with Gasteiger partial charge in [-0.05, 0) is 6.07 Å². The highest BCUT2D eigenvalue weighted by Gasteiger charge is 2.17. The molecule has 6 nitrogen and oxygen atoms in total. The Kier molecular flexibility index (Phi) is 4.13. The van der Waals surface area contributed by atoms with Crippen LogP contribution < -0.4 is 5.43 Å². The number of ether oxygens (including phenoxy) is 2. The molecule has 0 bridgehead atoms. The summed E-state index contributed by atoms with van der Waals surface area (Å²) in [4.78, 5) is 11.4. The van der Waals surface area contributed by atoms with Crippen LogP contribution in [0.15, 0.2) is 16.7 Å². The lowest BCUT2D eigenvalue weighted by Crippen LogP contribution is -2.45. The predicted octanol–water partition coefficient (Wildman–Crippen LogP) is 0.403. The fraction of sp³-hybridized carbons (Fsp3) is 0.545. The van der Waals surface area contributed by atoms with E-state index in [9.17, 15) is 4.79 Å². The van der Waals surface area contributed by atoms with Gasteiger partial charge in [0.2, 0.25) is 5.76 Å². The van der Waals surface area contributed by atoms with Crippen LogP contribution in [0.4, 0.5) is 0 Å². The fourth-order valence-electron chi connectivity index (χ4n) is 1.67. The van der Waals surface area contributed by atoms with Crippen molar-refractivity contribution < 1.29 is 18.7 Å². The second-order valence-electron chi connectivity index (χ2n) is 3.70. The van der Waals surface area contributed by atoms with Crippen LogP contribution in [0.25, 0.3) is 0 Å². The van der Waals surface area contributed by atoms with E-state index >= 15 is 0 Å². The summed E-state index contributed by atoms with van der Waals surface area (Å²) in [6.07, 6.45) is 1.49. The molecule has 1 aliphatic rings. The first-order valence-electron chi connectivity index (χ1n) is 5.52. The Labute approximate surface area is 99.4 Å². The summed E-state index contributed by atoms with van der Waals surface area (Å²) < 4.78 is 15.0. The first-order chi connectivity index (χ1) is 8.31. The Bertz CT molecular complexity index is 371. The quantitative estimate of drug-likeness (QED) is 0.769. The SMILES string of the molecule is COC(=O)c1occc1CNN1CCOCC1. The number of hydrogen-bond donors (Lipinski definition) is 1. The van der Waals surface area contributed by atoms with Crippen LogP contribution in [-0.4, -0.2) is 44.4 Å². The summed E-state index contributed by atoms with van der Waals surface area (Å²) in [6, 6.07) is 1.76. The number of hydrogen-bond acceptors (Lipinski definition) is 6. The summed E-state index contributed by atoms with van der Waals surface area (Å²) >= 11 is 0. The molecule has 0 saturated carbocycles. The van der Waals surface area contributed by atoms with Crippen molar-refractivity contribution in [3.8, 4) is 0 Å². The molecule has 1 aliphatic heterocycles. The molecular formula is C11H16N2O4. The maximum Gasteiger partial charge on any atom is 0.374 e. The molecule has 0 amide bonds. The standard InChI is InChI=1S/C11H16N2O4/c1-15-11(14)10-9(2-5-17-10)8-12-13-3-6-16-7-4-13/h2,5,12H,3-4,6-8H2,1H3. The van der Waals surface area contributed by atoms with E-state index in [1.807, 2.05) is 0 Å². The number of nitrogens with zero attached hydrogens (tertiary/aromatic N) is 1. The lowest BCUT2D eigenvalue weighted by atomic mass is 10.2. The molecule has 1 saturated heterocycles. The average Bonchev–Trinajstić information content (AvgIpc) is 2.85. The first kappa shape index (κ1) is 12.1. The van der Waals surface area contributed by atoms with Gasteiger partial charge in [0.15, 0.2) is 0 Å². The van der Waals surface area contributed by atoms with Gasteiger partial charge in [0.25, 0.3) is 0 Å². The number of methoxy groups -OCH3 is 1. The summed E-state index contributed by atoms with van der Waals surface area (Å²) in [7, 11) is 1.34. The Hall–Kier alpha value is -1.37. The van der Waals surface area contributed by atoms with Crippen molar-refractivity contribution >= 4 is 5.97 Å². The van der Waals surface area contributed by atoms with E-state index in [2.05, 4.69) is 15.2 Å². The zero-order valence-corrected chi connectivity index (χ0v) is 9.77. The van der Waals surface area contributed by atoms with Crippen molar-refractivity contribution in [3.63, 3.8) is 0 Å². The molecule has 0 atom stereocenters. The number of esters is 1. The topological polar surface area (TPSA) is 63.9 Å². The largest absolute Gasteiger partial charge is 0.463 e. The molecule has 1 aromatic rings. The highest BCUT2D eigenvalue weighted by atomic mass is 16.5. The number of carbonyl (C=O) groups is 1. The van der Waals surface area contributed by atoms with E-state index in [4.69, 9.17) is 9.15 Å². The molecule has 94 valence electrons. The molecular weight excluding hydrogens is 224 g/mol. The third-order valence-corrected chi connectivity index (χ3v) is 2.62. The van der Waals surface area contributed by atoms with Crippen LogP contribution in [-0.2, 0) is 16.0 Å². The molecule has 1 aromatic heterocycles. The zero-order chi connectivity index (χ0) is 12.1. The first-order valence-corrected chi connectivity index (χ1v) is 5.52. The fourth-order valence-corrected chi connectivity index (χ4v) is 1.67. The molecule has 0 unspecified atom stereocenters. The van der Waals surface area contributed by atoms with Crippen molar-refractivity contribution in [2.24, 2.45) is 0 Å². The Morgan fingerprint density at radius 2 is 2.29 bits per heavy atom. The predicted molar refractivity (Wildman–Crippen MR) is 59.3 cm³/mol. The van der Waals surface area contributed by atoms with Gasteiger partial charge < -0.3 is 13.9 Å². The molecule has 0 aromatic carbocycles. The minimum atomic E-state index is -0.450. The highest BCUT2D eigenvalue weighted by molar-refractivity contribution is 5.87. The van der Waals surface area contributed by atoms with Gasteiger partial charge in [-0.3, -0.25) is 5.43 Å². The maximum atomic E-state index is 11.4. The third kappa shape index (κ3) is 3.06. The lowest BCUT2D eigenvalue weighted by molar-refractivity contribution is 0.0104.